The van der Waals surface area contributed by atoms with Crippen LogP contribution in [-0.4, -0.2) is 5.11 Å². The van der Waals surface area contributed by atoms with Crippen LogP contribution in [0.4, 0.5) is 0 Å². The molecular formula is C10H14OS. The monoisotopic (exact) mass is 182 g/mol. The summed E-state index contributed by atoms with van der Waals surface area (Å²) in [7, 11) is 0. The zero-order chi connectivity index (χ0) is 8.77. The van der Waals surface area contributed by atoms with Crippen molar-refractivity contribution in [3.05, 3.63) is 21.9 Å². The van der Waals surface area contributed by atoms with Crippen molar-refractivity contribution in [2.75, 3.05) is 0 Å². The minimum absolute atomic E-state index is 0.451. The molecule has 2 rings (SSSR count). The fraction of sp³-hybridized carbons (Fsp3) is 0.600. The Kier molecular flexibility index (Phi) is 1.77. The fourth-order valence-electron chi connectivity index (χ4n) is 1.76. The van der Waals surface area contributed by atoms with E-state index >= 15 is 0 Å². The SMILES string of the molecule is CCC1CC1(O)c1cc(C)cs1. The van der Waals surface area contributed by atoms with Crippen molar-refractivity contribution in [2.45, 2.75) is 32.3 Å². The van der Waals surface area contributed by atoms with Gasteiger partial charge in [0.25, 0.3) is 0 Å². The first kappa shape index (κ1) is 8.27. The van der Waals surface area contributed by atoms with Crippen molar-refractivity contribution in [3.8, 4) is 0 Å². The lowest BCUT2D eigenvalue weighted by atomic mass is 10.1. The van der Waals surface area contributed by atoms with Crippen LogP contribution in [0.1, 0.15) is 30.2 Å². The van der Waals surface area contributed by atoms with Crippen molar-refractivity contribution < 1.29 is 5.11 Å². The van der Waals surface area contributed by atoms with Crippen LogP contribution in [0, 0.1) is 12.8 Å². The van der Waals surface area contributed by atoms with Crippen LogP contribution in [0.2, 0.25) is 0 Å². The molecule has 2 unspecified atom stereocenters. The van der Waals surface area contributed by atoms with Gasteiger partial charge in [-0.1, -0.05) is 13.3 Å². The Hall–Kier alpha value is -0.340. The minimum Gasteiger partial charge on any atom is -0.384 e. The molecule has 0 spiro atoms. The molecule has 1 aliphatic rings. The van der Waals surface area contributed by atoms with Gasteiger partial charge in [0.05, 0.1) is 0 Å². The second-order valence-electron chi connectivity index (χ2n) is 3.72. The molecule has 0 bridgehead atoms. The Labute approximate surface area is 77.0 Å². The highest BCUT2D eigenvalue weighted by molar-refractivity contribution is 7.10. The van der Waals surface area contributed by atoms with Crippen LogP contribution in [-0.2, 0) is 5.60 Å². The average molecular weight is 182 g/mol. The van der Waals surface area contributed by atoms with Gasteiger partial charge in [0.2, 0.25) is 0 Å². The molecule has 0 aliphatic heterocycles. The molecule has 0 amide bonds. The summed E-state index contributed by atoms with van der Waals surface area (Å²) in [5.74, 6) is 0.510. The summed E-state index contributed by atoms with van der Waals surface area (Å²) in [5, 5.41) is 12.2. The van der Waals surface area contributed by atoms with Crippen molar-refractivity contribution in [3.63, 3.8) is 0 Å². The third-order valence-corrected chi connectivity index (χ3v) is 3.94. The zero-order valence-electron chi connectivity index (χ0n) is 7.50. The highest BCUT2D eigenvalue weighted by Gasteiger charge is 2.53. The highest BCUT2D eigenvalue weighted by Crippen LogP contribution is 2.55. The van der Waals surface area contributed by atoms with Crippen LogP contribution in [0.5, 0.6) is 0 Å². The molecule has 1 fully saturated rings. The number of aryl methyl sites for hydroxylation is 1. The van der Waals surface area contributed by atoms with Gasteiger partial charge in [-0.25, -0.2) is 0 Å². The standard InChI is InChI=1S/C10H14OS/c1-3-8-5-10(8,11)9-4-7(2)6-12-9/h4,6,8,11H,3,5H2,1-2H3. The molecule has 1 N–H and O–H groups in total. The lowest BCUT2D eigenvalue weighted by Crippen LogP contribution is -2.05. The van der Waals surface area contributed by atoms with Gasteiger partial charge >= 0.3 is 0 Å². The van der Waals surface area contributed by atoms with Gasteiger partial charge < -0.3 is 5.11 Å². The van der Waals surface area contributed by atoms with Crippen LogP contribution < -0.4 is 0 Å². The Morgan fingerprint density at radius 2 is 2.50 bits per heavy atom. The predicted molar refractivity (Wildman–Crippen MR) is 51.4 cm³/mol. The lowest BCUT2D eigenvalue weighted by Gasteiger charge is -2.05. The summed E-state index contributed by atoms with van der Waals surface area (Å²) in [6, 6.07) is 2.11. The first-order valence-corrected chi connectivity index (χ1v) is 5.32. The maximum absolute atomic E-state index is 10.1. The van der Waals surface area contributed by atoms with Gasteiger partial charge in [0.1, 0.15) is 5.60 Å². The molecule has 1 aromatic rings. The van der Waals surface area contributed by atoms with Gasteiger partial charge in [-0.05, 0) is 36.3 Å². The third-order valence-electron chi connectivity index (χ3n) is 2.72. The summed E-state index contributed by atoms with van der Waals surface area (Å²) in [6.45, 7) is 4.22. The van der Waals surface area contributed by atoms with Crippen molar-refractivity contribution in [1.82, 2.24) is 0 Å². The van der Waals surface area contributed by atoms with E-state index in [0.717, 1.165) is 17.7 Å². The largest absolute Gasteiger partial charge is 0.384 e. The van der Waals surface area contributed by atoms with Crippen molar-refractivity contribution >= 4 is 11.3 Å². The number of rotatable bonds is 2. The third kappa shape index (κ3) is 1.10. The summed E-state index contributed by atoms with van der Waals surface area (Å²) >= 11 is 1.69. The van der Waals surface area contributed by atoms with E-state index in [4.69, 9.17) is 0 Å². The first-order chi connectivity index (χ1) is 5.66. The molecule has 1 saturated carbocycles. The Morgan fingerprint density at radius 1 is 1.75 bits per heavy atom. The number of thiophene rings is 1. The Bertz CT molecular complexity index is 292. The molecule has 12 heavy (non-hydrogen) atoms. The number of hydrogen-bond donors (Lipinski definition) is 1. The van der Waals surface area contributed by atoms with E-state index in [1.54, 1.807) is 11.3 Å². The maximum Gasteiger partial charge on any atom is 0.102 e. The quantitative estimate of drug-likeness (QED) is 0.745. The van der Waals surface area contributed by atoms with E-state index in [1.807, 2.05) is 0 Å². The summed E-state index contributed by atoms with van der Waals surface area (Å²) in [6.07, 6.45) is 2.05. The van der Waals surface area contributed by atoms with Gasteiger partial charge in [-0.3, -0.25) is 0 Å². The molecule has 1 heterocycles. The van der Waals surface area contributed by atoms with E-state index in [9.17, 15) is 5.11 Å². The van der Waals surface area contributed by atoms with E-state index in [0.29, 0.717) is 5.92 Å². The second kappa shape index (κ2) is 2.57. The highest BCUT2D eigenvalue weighted by atomic mass is 32.1. The molecule has 0 radical (unpaired) electrons. The molecule has 1 aliphatic carbocycles. The lowest BCUT2D eigenvalue weighted by molar-refractivity contribution is 0.134. The molecular weight excluding hydrogens is 168 g/mol. The molecule has 1 nitrogen and oxygen atoms in total. The summed E-state index contributed by atoms with van der Waals surface area (Å²) < 4.78 is 0. The maximum atomic E-state index is 10.1. The van der Waals surface area contributed by atoms with Crippen LogP contribution >= 0.6 is 11.3 Å². The van der Waals surface area contributed by atoms with Gasteiger partial charge in [0.15, 0.2) is 0 Å². The summed E-state index contributed by atoms with van der Waals surface area (Å²) in [5.41, 5.74) is 0.818. The van der Waals surface area contributed by atoms with Crippen LogP contribution in [0.25, 0.3) is 0 Å². The Balaban J connectivity index is 2.22. The normalized spacial score (nSPS) is 33.8. The molecule has 0 aromatic carbocycles. The molecule has 1 aromatic heterocycles. The van der Waals surface area contributed by atoms with Crippen LogP contribution in [0.3, 0.4) is 0 Å². The van der Waals surface area contributed by atoms with E-state index in [1.165, 1.54) is 5.56 Å². The molecule has 66 valence electrons. The van der Waals surface area contributed by atoms with Gasteiger partial charge in [-0.2, -0.15) is 0 Å². The van der Waals surface area contributed by atoms with Gasteiger partial charge in [-0.15, -0.1) is 11.3 Å². The van der Waals surface area contributed by atoms with E-state index in [2.05, 4.69) is 25.3 Å². The predicted octanol–water partition coefficient (Wildman–Crippen LogP) is 2.67. The van der Waals surface area contributed by atoms with Crippen molar-refractivity contribution in [2.24, 2.45) is 5.92 Å². The number of hydrogen-bond acceptors (Lipinski definition) is 2. The first-order valence-electron chi connectivity index (χ1n) is 4.45. The summed E-state index contributed by atoms with van der Waals surface area (Å²) in [4.78, 5) is 1.16. The Morgan fingerprint density at radius 3 is 2.92 bits per heavy atom. The van der Waals surface area contributed by atoms with Gasteiger partial charge in [0, 0.05) is 4.88 Å². The molecule has 2 atom stereocenters. The molecule has 0 saturated heterocycles. The van der Waals surface area contributed by atoms with E-state index in [-0.39, 0.29) is 0 Å². The fourth-order valence-corrected chi connectivity index (χ4v) is 2.85. The minimum atomic E-state index is -0.451. The topological polar surface area (TPSA) is 20.2 Å². The average Bonchev–Trinajstić information content (AvgIpc) is 2.50. The second-order valence-corrected chi connectivity index (χ2v) is 4.63. The number of aliphatic hydroxyl groups is 1. The zero-order valence-corrected chi connectivity index (χ0v) is 8.32. The smallest absolute Gasteiger partial charge is 0.102 e. The van der Waals surface area contributed by atoms with E-state index < -0.39 is 5.60 Å². The van der Waals surface area contributed by atoms with Crippen molar-refractivity contribution in [1.29, 1.82) is 0 Å². The molecule has 2 heteroatoms. The van der Waals surface area contributed by atoms with Crippen LogP contribution in [0.15, 0.2) is 11.4 Å².